The normalized spacial score (nSPS) is 10.3. The van der Waals surface area contributed by atoms with E-state index in [1.165, 1.54) is 13.1 Å². The van der Waals surface area contributed by atoms with Gasteiger partial charge in [-0.3, -0.25) is 5.21 Å². The Balaban J connectivity index is 2.24. The minimum Gasteiger partial charge on any atom is -0.489 e. The van der Waals surface area contributed by atoms with E-state index in [-0.39, 0.29) is 12.3 Å². The van der Waals surface area contributed by atoms with Gasteiger partial charge in [-0.15, -0.1) is 0 Å². The van der Waals surface area contributed by atoms with Crippen LogP contribution in [0.25, 0.3) is 0 Å². The second kappa shape index (κ2) is 7.35. The number of ether oxygens (including phenoxy) is 1. The van der Waals surface area contributed by atoms with Gasteiger partial charge in [-0.1, -0.05) is 35.4 Å². The van der Waals surface area contributed by atoms with Gasteiger partial charge in [0.2, 0.25) is 0 Å². The fourth-order valence-corrected chi connectivity index (χ4v) is 2.35. The van der Waals surface area contributed by atoms with E-state index in [9.17, 15) is 10.0 Å². The summed E-state index contributed by atoms with van der Waals surface area (Å²) in [6.07, 6.45) is 0. The number of carbonyl (C=O) groups excluding carboxylic acids is 1. The van der Waals surface area contributed by atoms with Crippen LogP contribution in [0.1, 0.15) is 16.7 Å². The molecule has 0 aliphatic carbocycles. The van der Waals surface area contributed by atoms with Crippen molar-refractivity contribution in [2.45, 2.75) is 20.5 Å². The fourth-order valence-electron chi connectivity index (χ4n) is 2.19. The smallest absolute Gasteiger partial charge is 0.345 e. The zero-order chi connectivity index (χ0) is 17.0. The molecule has 5 nitrogen and oxygen atoms in total. The van der Waals surface area contributed by atoms with Crippen LogP contribution in [0.4, 0.5) is 10.5 Å². The van der Waals surface area contributed by atoms with Crippen molar-refractivity contribution in [2.75, 3.05) is 12.1 Å². The summed E-state index contributed by atoms with van der Waals surface area (Å²) in [5.74, 6) is 0.751. The Hall–Kier alpha value is -2.24. The molecular weight excluding hydrogens is 316 g/mol. The van der Waals surface area contributed by atoms with E-state index in [0.29, 0.717) is 15.6 Å². The van der Waals surface area contributed by atoms with Gasteiger partial charge in [0.25, 0.3) is 0 Å². The molecule has 2 amide bonds. The molecule has 2 rings (SSSR count). The van der Waals surface area contributed by atoms with E-state index < -0.39 is 6.03 Å². The lowest BCUT2D eigenvalue weighted by Crippen LogP contribution is -2.36. The van der Waals surface area contributed by atoms with Crippen molar-refractivity contribution in [2.24, 2.45) is 0 Å². The Kier molecular flexibility index (Phi) is 5.47. The zero-order valence-electron chi connectivity index (χ0n) is 13.3. The molecule has 0 atom stereocenters. The minimum absolute atomic E-state index is 0.199. The van der Waals surface area contributed by atoms with Crippen molar-refractivity contribution in [1.82, 2.24) is 5.32 Å². The maximum atomic E-state index is 11.6. The monoisotopic (exact) mass is 334 g/mol. The summed E-state index contributed by atoms with van der Waals surface area (Å²) in [4.78, 5) is 11.6. The summed E-state index contributed by atoms with van der Waals surface area (Å²) in [6, 6.07) is 10.2. The number of hydrogen-bond acceptors (Lipinski definition) is 3. The molecule has 0 bridgehead atoms. The molecule has 0 fully saturated rings. The summed E-state index contributed by atoms with van der Waals surface area (Å²) < 4.78 is 5.81. The van der Waals surface area contributed by atoms with E-state index in [0.717, 1.165) is 16.9 Å². The van der Waals surface area contributed by atoms with Gasteiger partial charge in [0, 0.05) is 17.6 Å². The molecule has 0 unspecified atom stereocenters. The zero-order valence-corrected chi connectivity index (χ0v) is 14.0. The lowest BCUT2D eigenvalue weighted by Gasteiger charge is -2.19. The van der Waals surface area contributed by atoms with Crippen molar-refractivity contribution in [3.63, 3.8) is 0 Å². The Morgan fingerprint density at radius 3 is 2.65 bits per heavy atom. The molecule has 0 heterocycles. The number of amides is 2. The average Bonchev–Trinajstić information content (AvgIpc) is 2.53. The molecule has 2 aromatic carbocycles. The van der Waals surface area contributed by atoms with Crippen LogP contribution >= 0.6 is 11.6 Å². The number of hydroxylamine groups is 1. The van der Waals surface area contributed by atoms with Gasteiger partial charge in [-0.2, -0.15) is 5.06 Å². The first-order valence-electron chi connectivity index (χ1n) is 7.11. The number of hydrogen-bond donors (Lipinski definition) is 2. The molecule has 0 saturated heterocycles. The first-order valence-corrected chi connectivity index (χ1v) is 7.49. The quantitative estimate of drug-likeness (QED) is 0.654. The van der Waals surface area contributed by atoms with Crippen LogP contribution in [-0.4, -0.2) is 18.3 Å². The number of urea groups is 1. The maximum absolute atomic E-state index is 11.6. The summed E-state index contributed by atoms with van der Waals surface area (Å²) in [6.45, 7) is 4.18. The Bertz CT molecular complexity index is 719. The molecule has 0 aliphatic heterocycles. The molecule has 23 heavy (non-hydrogen) atoms. The van der Waals surface area contributed by atoms with Gasteiger partial charge in [0.15, 0.2) is 0 Å². The SMILES string of the molecule is CNC(=O)N(O)c1cc(Cl)ccc1COc1ccc(C)cc1C. The number of carbonyl (C=O) groups is 1. The predicted molar refractivity (Wildman–Crippen MR) is 90.4 cm³/mol. The third-order valence-corrected chi connectivity index (χ3v) is 3.63. The van der Waals surface area contributed by atoms with Crippen LogP contribution in [0.3, 0.4) is 0 Å². The van der Waals surface area contributed by atoms with Crippen molar-refractivity contribution in [3.05, 3.63) is 58.1 Å². The predicted octanol–water partition coefficient (Wildman–Crippen LogP) is 4.07. The highest BCUT2D eigenvalue weighted by Gasteiger charge is 2.16. The number of benzene rings is 2. The van der Waals surface area contributed by atoms with Crippen molar-refractivity contribution in [3.8, 4) is 5.75 Å². The van der Waals surface area contributed by atoms with E-state index in [1.807, 2.05) is 32.0 Å². The van der Waals surface area contributed by atoms with Gasteiger partial charge < -0.3 is 10.1 Å². The first-order chi connectivity index (χ1) is 10.9. The third-order valence-electron chi connectivity index (χ3n) is 3.40. The maximum Gasteiger partial charge on any atom is 0.345 e. The largest absolute Gasteiger partial charge is 0.489 e. The fraction of sp³-hybridized carbons (Fsp3) is 0.235. The van der Waals surface area contributed by atoms with E-state index in [4.69, 9.17) is 16.3 Å². The summed E-state index contributed by atoms with van der Waals surface area (Å²) in [5.41, 5.74) is 3.10. The summed E-state index contributed by atoms with van der Waals surface area (Å²) in [5, 5.41) is 13.3. The second-order valence-corrected chi connectivity index (χ2v) is 5.63. The summed E-state index contributed by atoms with van der Waals surface area (Å²) in [7, 11) is 1.43. The van der Waals surface area contributed by atoms with Gasteiger partial charge in [0.1, 0.15) is 12.4 Å². The Morgan fingerprint density at radius 2 is 2.00 bits per heavy atom. The molecule has 2 N–H and O–H groups in total. The highest BCUT2D eigenvalue weighted by molar-refractivity contribution is 6.31. The van der Waals surface area contributed by atoms with Crippen LogP contribution in [0.5, 0.6) is 5.75 Å². The Morgan fingerprint density at radius 1 is 1.26 bits per heavy atom. The van der Waals surface area contributed by atoms with Crippen LogP contribution in [-0.2, 0) is 6.61 Å². The Labute approximate surface area is 140 Å². The van der Waals surface area contributed by atoms with Crippen molar-refractivity contribution in [1.29, 1.82) is 0 Å². The van der Waals surface area contributed by atoms with Crippen LogP contribution < -0.4 is 15.1 Å². The standard InChI is InChI=1S/C17H19ClN2O3/c1-11-4-7-16(12(2)8-11)23-10-13-5-6-14(18)9-15(13)20(22)17(21)19-3/h4-9,22H,10H2,1-3H3,(H,19,21). The van der Waals surface area contributed by atoms with Crippen molar-refractivity contribution >= 4 is 23.3 Å². The topological polar surface area (TPSA) is 61.8 Å². The van der Waals surface area contributed by atoms with Gasteiger partial charge >= 0.3 is 6.03 Å². The average molecular weight is 335 g/mol. The van der Waals surface area contributed by atoms with Crippen LogP contribution in [0.15, 0.2) is 36.4 Å². The van der Waals surface area contributed by atoms with Crippen LogP contribution in [0.2, 0.25) is 5.02 Å². The highest BCUT2D eigenvalue weighted by Crippen LogP contribution is 2.27. The number of nitrogens with one attached hydrogen (secondary N) is 1. The third kappa shape index (κ3) is 4.15. The number of rotatable bonds is 4. The molecule has 0 saturated carbocycles. The molecule has 0 spiro atoms. The molecule has 0 radical (unpaired) electrons. The van der Waals surface area contributed by atoms with E-state index in [1.54, 1.807) is 12.1 Å². The van der Waals surface area contributed by atoms with Gasteiger partial charge in [-0.05, 0) is 37.6 Å². The first kappa shape index (κ1) is 17.1. The van der Waals surface area contributed by atoms with E-state index >= 15 is 0 Å². The second-order valence-electron chi connectivity index (χ2n) is 5.20. The molecule has 122 valence electrons. The van der Waals surface area contributed by atoms with Crippen molar-refractivity contribution < 1.29 is 14.7 Å². The molecular formula is C17H19ClN2O3. The summed E-state index contributed by atoms with van der Waals surface area (Å²) >= 11 is 5.96. The molecule has 6 heteroatoms. The van der Waals surface area contributed by atoms with E-state index in [2.05, 4.69) is 5.32 Å². The van der Waals surface area contributed by atoms with Crippen LogP contribution in [0, 0.1) is 13.8 Å². The van der Waals surface area contributed by atoms with Gasteiger partial charge in [0.05, 0.1) is 5.69 Å². The highest BCUT2D eigenvalue weighted by atomic mass is 35.5. The molecule has 2 aromatic rings. The molecule has 0 aromatic heterocycles. The number of aryl methyl sites for hydroxylation is 2. The lowest BCUT2D eigenvalue weighted by molar-refractivity contribution is 0.205. The molecule has 0 aliphatic rings. The number of halogens is 1. The van der Waals surface area contributed by atoms with Gasteiger partial charge in [-0.25, -0.2) is 4.79 Å². The number of anilines is 1. The minimum atomic E-state index is -0.653. The number of nitrogens with zero attached hydrogens (tertiary/aromatic N) is 1. The lowest BCUT2D eigenvalue weighted by atomic mass is 10.1.